The number of nitrogens with zero attached hydrogens (tertiary/aromatic N) is 2. The van der Waals surface area contributed by atoms with Crippen molar-refractivity contribution >= 4 is 23.4 Å². The van der Waals surface area contributed by atoms with Crippen LogP contribution in [-0.2, 0) is 16.1 Å². The van der Waals surface area contributed by atoms with Crippen molar-refractivity contribution in [3.8, 4) is 5.75 Å². The number of hydrogen-bond acceptors (Lipinski definition) is 6. The summed E-state index contributed by atoms with van der Waals surface area (Å²) in [6, 6.07) is 7.37. The molecule has 0 bridgehead atoms. The number of ether oxygens (including phenoxy) is 2. The highest BCUT2D eigenvalue weighted by Gasteiger charge is 2.44. The molecule has 1 aromatic heterocycles. The molecule has 2 aromatic rings. The molecule has 1 heterocycles. The molecule has 9 heteroatoms. The predicted octanol–water partition coefficient (Wildman–Crippen LogP) is 3.28. The zero-order chi connectivity index (χ0) is 17.6. The summed E-state index contributed by atoms with van der Waals surface area (Å²) < 4.78 is 35.6. The molecule has 2 rings (SSSR count). The van der Waals surface area contributed by atoms with E-state index in [-0.39, 0.29) is 12.4 Å². The van der Waals surface area contributed by atoms with Crippen molar-refractivity contribution in [3.05, 3.63) is 47.4 Å². The summed E-state index contributed by atoms with van der Waals surface area (Å²) in [7, 11) is 0. The lowest BCUT2D eigenvalue weighted by Crippen LogP contribution is -2.36. The number of aromatic nitrogens is 2. The molecule has 0 unspecified atom stereocenters. The summed E-state index contributed by atoms with van der Waals surface area (Å²) in [4.78, 5) is 18.8. The molecule has 24 heavy (non-hydrogen) atoms. The van der Waals surface area contributed by atoms with Crippen LogP contribution in [0.4, 0.5) is 14.6 Å². The minimum absolute atomic E-state index is 0.151. The van der Waals surface area contributed by atoms with Crippen LogP contribution in [0.25, 0.3) is 0 Å². The topological polar surface area (TPSA) is 73.3 Å². The Morgan fingerprint density at radius 1 is 1.29 bits per heavy atom. The summed E-state index contributed by atoms with van der Waals surface area (Å²) in [5.74, 6) is -1.34. The molecule has 0 saturated carbocycles. The van der Waals surface area contributed by atoms with Gasteiger partial charge in [-0.05, 0) is 24.6 Å². The van der Waals surface area contributed by atoms with E-state index in [1.54, 1.807) is 18.2 Å². The highest BCUT2D eigenvalue weighted by Crippen LogP contribution is 2.23. The fourth-order valence-corrected chi connectivity index (χ4v) is 1.85. The van der Waals surface area contributed by atoms with Crippen LogP contribution in [0.2, 0.25) is 5.15 Å². The molecule has 0 saturated heterocycles. The third-order valence-electron chi connectivity index (χ3n) is 2.79. The van der Waals surface area contributed by atoms with Gasteiger partial charge < -0.3 is 14.8 Å². The number of carbonyl (C=O) groups is 1. The number of anilines is 1. The summed E-state index contributed by atoms with van der Waals surface area (Å²) in [6.07, 6.45) is -2.72. The standard InChI is InChI=1S/C15H14ClF2N3O3/c1-2-23-14(22)15(17,18)24-11-5-3-10(4-6-11)8-19-13-7-12(16)20-9-21-13/h3-7,9H,2,8H2,1H3,(H,19,20,21). The summed E-state index contributed by atoms with van der Waals surface area (Å²) in [6.45, 7) is 1.66. The van der Waals surface area contributed by atoms with Gasteiger partial charge in [-0.1, -0.05) is 23.7 Å². The van der Waals surface area contributed by atoms with Crippen molar-refractivity contribution in [2.75, 3.05) is 11.9 Å². The van der Waals surface area contributed by atoms with Crippen molar-refractivity contribution in [2.45, 2.75) is 19.6 Å². The van der Waals surface area contributed by atoms with Crippen LogP contribution in [0.15, 0.2) is 36.7 Å². The molecule has 128 valence electrons. The molecule has 0 atom stereocenters. The monoisotopic (exact) mass is 357 g/mol. The molecule has 0 aliphatic carbocycles. The van der Waals surface area contributed by atoms with Gasteiger partial charge >= 0.3 is 12.1 Å². The minimum Gasteiger partial charge on any atom is -0.459 e. The van der Waals surface area contributed by atoms with Gasteiger partial charge in [-0.15, -0.1) is 0 Å². The van der Waals surface area contributed by atoms with Crippen molar-refractivity contribution in [3.63, 3.8) is 0 Å². The molecule has 0 aliphatic heterocycles. The lowest BCUT2D eigenvalue weighted by molar-refractivity contribution is -0.216. The molecule has 0 radical (unpaired) electrons. The van der Waals surface area contributed by atoms with Gasteiger partial charge in [0.2, 0.25) is 0 Å². The highest BCUT2D eigenvalue weighted by atomic mass is 35.5. The van der Waals surface area contributed by atoms with E-state index >= 15 is 0 Å². The fraction of sp³-hybridized carbons (Fsp3) is 0.267. The maximum atomic E-state index is 13.5. The van der Waals surface area contributed by atoms with E-state index in [4.69, 9.17) is 11.6 Å². The van der Waals surface area contributed by atoms with Crippen LogP contribution < -0.4 is 10.1 Å². The minimum atomic E-state index is -4.03. The van der Waals surface area contributed by atoms with E-state index < -0.39 is 12.1 Å². The van der Waals surface area contributed by atoms with E-state index in [0.29, 0.717) is 17.5 Å². The molecule has 6 nitrogen and oxygen atoms in total. The fourth-order valence-electron chi connectivity index (χ4n) is 1.70. The average molecular weight is 358 g/mol. The van der Waals surface area contributed by atoms with Gasteiger partial charge in [0.15, 0.2) is 0 Å². The quantitative estimate of drug-likeness (QED) is 0.605. The second-order valence-electron chi connectivity index (χ2n) is 4.56. The van der Waals surface area contributed by atoms with Gasteiger partial charge in [-0.25, -0.2) is 14.8 Å². The Morgan fingerprint density at radius 2 is 2.00 bits per heavy atom. The zero-order valence-corrected chi connectivity index (χ0v) is 13.4. The van der Waals surface area contributed by atoms with Crippen LogP contribution in [0.5, 0.6) is 5.75 Å². The molecule has 0 aliphatic rings. The first-order valence-electron chi connectivity index (χ1n) is 6.95. The molecular formula is C15H14ClF2N3O3. The van der Waals surface area contributed by atoms with Gasteiger partial charge in [0.25, 0.3) is 0 Å². The predicted molar refractivity (Wildman–Crippen MR) is 83.0 cm³/mol. The summed E-state index contributed by atoms with van der Waals surface area (Å²) in [5, 5.41) is 3.31. The van der Waals surface area contributed by atoms with E-state index in [2.05, 4.69) is 24.8 Å². The average Bonchev–Trinajstić information content (AvgIpc) is 2.54. The van der Waals surface area contributed by atoms with Crippen molar-refractivity contribution in [2.24, 2.45) is 0 Å². The number of esters is 1. The maximum Gasteiger partial charge on any atom is 0.502 e. The molecule has 1 aromatic carbocycles. The molecule has 0 amide bonds. The van der Waals surface area contributed by atoms with E-state index in [0.717, 1.165) is 5.56 Å². The van der Waals surface area contributed by atoms with Gasteiger partial charge in [0, 0.05) is 12.6 Å². The third-order valence-corrected chi connectivity index (χ3v) is 3.00. The van der Waals surface area contributed by atoms with E-state index in [1.807, 2.05) is 0 Å². The van der Waals surface area contributed by atoms with Crippen molar-refractivity contribution in [1.82, 2.24) is 9.97 Å². The zero-order valence-electron chi connectivity index (χ0n) is 12.6. The van der Waals surface area contributed by atoms with Crippen LogP contribution in [-0.4, -0.2) is 28.7 Å². The smallest absolute Gasteiger partial charge is 0.459 e. The van der Waals surface area contributed by atoms with E-state index in [9.17, 15) is 13.6 Å². The number of nitrogens with one attached hydrogen (secondary N) is 1. The van der Waals surface area contributed by atoms with Gasteiger partial charge in [-0.3, -0.25) is 0 Å². The molecule has 0 fully saturated rings. The normalized spacial score (nSPS) is 11.0. The largest absolute Gasteiger partial charge is 0.502 e. The lowest BCUT2D eigenvalue weighted by atomic mass is 10.2. The first kappa shape index (κ1) is 17.9. The highest BCUT2D eigenvalue weighted by molar-refractivity contribution is 6.29. The number of alkyl halides is 2. The molecule has 1 N–H and O–H groups in total. The molecular weight excluding hydrogens is 344 g/mol. The first-order valence-corrected chi connectivity index (χ1v) is 7.33. The van der Waals surface area contributed by atoms with Crippen LogP contribution in [0.3, 0.4) is 0 Å². The van der Waals surface area contributed by atoms with Crippen LogP contribution >= 0.6 is 11.6 Å². The SMILES string of the molecule is CCOC(=O)C(F)(F)Oc1ccc(CNc2cc(Cl)ncn2)cc1. The maximum absolute atomic E-state index is 13.5. The van der Waals surface area contributed by atoms with Gasteiger partial charge in [-0.2, -0.15) is 8.78 Å². The second-order valence-corrected chi connectivity index (χ2v) is 4.95. The number of hydrogen-bond donors (Lipinski definition) is 1. The number of carbonyl (C=O) groups excluding carboxylic acids is 1. The van der Waals surface area contributed by atoms with Crippen LogP contribution in [0, 0.1) is 0 Å². The van der Waals surface area contributed by atoms with Gasteiger partial charge in [0.05, 0.1) is 6.61 Å². The first-order chi connectivity index (χ1) is 11.4. The van der Waals surface area contributed by atoms with Crippen LogP contribution in [0.1, 0.15) is 12.5 Å². The number of rotatable bonds is 7. The third kappa shape index (κ3) is 5.02. The summed E-state index contributed by atoms with van der Waals surface area (Å²) in [5.41, 5.74) is 0.788. The van der Waals surface area contributed by atoms with Crippen molar-refractivity contribution in [1.29, 1.82) is 0 Å². The Morgan fingerprint density at radius 3 is 2.62 bits per heavy atom. The Balaban J connectivity index is 1.94. The number of halogens is 3. The Kier molecular flexibility index (Phi) is 5.86. The molecule has 0 spiro atoms. The lowest BCUT2D eigenvalue weighted by Gasteiger charge is -2.16. The Hall–Kier alpha value is -2.48. The van der Waals surface area contributed by atoms with Crippen molar-refractivity contribution < 1.29 is 23.0 Å². The summed E-state index contributed by atoms with van der Waals surface area (Å²) >= 11 is 5.74. The Labute approximate surface area is 141 Å². The number of benzene rings is 1. The van der Waals surface area contributed by atoms with E-state index in [1.165, 1.54) is 25.4 Å². The Bertz CT molecular complexity index is 699. The second kappa shape index (κ2) is 7.87. The van der Waals surface area contributed by atoms with Gasteiger partial charge in [0.1, 0.15) is 23.0 Å².